The Balaban J connectivity index is 4.02. The van der Waals surface area contributed by atoms with Crippen LogP contribution in [0.15, 0.2) is 24.3 Å². The lowest BCUT2D eigenvalue weighted by molar-refractivity contribution is -0.870. The van der Waals surface area contributed by atoms with Crippen LogP contribution in [0, 0.1) is 0 Å². The molecule has 9 heteroatoms. The van der Waals surface area contributed by atoms with Gasteiger partial charge in [0.25, 0.3) is 0 Å². The normalized spacial score (nSPS) is 12.9. The van der Waals surface area contributed by atoms with Gasteiger partial charge in [0.05, 0.1) is 40.3 Å². The van der Waals surface area contributed by atoms with E-state index in [1.54, 1.807) is 0 Å². The SMILES string of the molecule is CCC/C=C\C/C=C\CCCCCCCC(=O)OC(COC(=O)CCCCCCCCCCCCCCCCCCCCCCCCCCCCCCCCC)COC(OCC[N+](C)(C)C)C(=O)[O-]. The van der Waals surface area contributed by atoms with Crippen molar-refractivity contribution in [3.8, 4) is 0 Å². The maximum absolute atomic E-state index is 12.8. The molecule has 9 nitrogen and oxygen atoms in total. The Kier molecular flexibility index (Phi) is 50.4. The molecule has 0 heterocycles. The molecule has 0 aliphatic rings. The molecule has 0 N–H and O–H groups in total. The van der Waals surface area contributed by atoms with Gasteiger partial charge in [-0.15, -0.1) is 0 Å². The van der Waals surface area contributed by atoms with Crippen molar-refractivity contribution in [1.29, 1.82) is 0 Å². The summed E-state index contributed by atoms with van der Waals surface area (Å²) in [5, 5.41) is 11.7. The number of carboxylic acid groups (broad SMARTS) is 1. The van der Waals surface area contributed by atoms with E-state index in [1.807, 2.05) is 21.1 Å². The molecule has 0 bridgehead atoms. The molecule has 2 unspecified atom stereocenters. The van der Waals surface area contributed by atoms with Crippen molar-refractivity contribution < 1.29 is 42.9 Å². The van der Waals surface area contributed by atoms with E-state index in [-0.39, 0.29) is 32.2 Å². The van der Waals surface area contributed by atoms with E-state index in [2.05, 4.69) is 38.2 Å². The van der Waals surface area contributed by atoms with E-state index in [4.69, 9.17) is 18.9 Å². The number of carbonyl (C=O) groups excluding carboxylic acids is 3. The Morgan fingerprint density at radius 3 is 1.20 bits per heavy atom. The molecule has 0 aromatic rings. The Hall–Kier alpha value is -2.23. The summed E-state index contributed by atoms with van der Waals surface area (Å²) in [6.07, 6.45) is 58.3. The summed E-state index contributed by atoms with van der Waals surface area (Å²) in [6, 6.07) is 0. The van der Waals surface area contributed by atoms with Crippen molar-refractivity contribution in [2.24, 2.45) is 0 Å². The van der Waals surface area contributed by atoms with E-state index in [9.17, 15) is 19.5 Å². The second-order valence-corrected chi connectivity index (χ2v) is 21.3. The standard InChI is InChI=1S/C60H113NO8/c1-6-8-10-12-14-16-18-20-21-22-23-24-25-26-27-28-29-30-31-32-33-34-35-36-37-39-40-42-44-46-48-50-57(62)67-54-56(55-68-60(59(64)65)66-53-52-61(3,4)5)69-58(63)51-49-47-45-43-41-38-19-17-15-13-11-9-7-2/h11,13,17,19,56,60H,6-10,12,14-16,18,20-55H2,1-5H3/b13-11-,19-17-. The predicted molar refractivity (Wildman–Crippen MR) is 288 cm³/mol. The molecule has 0 amide bonds. The third kappa shape index (κ3) is 53.4. The highest BCUT2D eigenvalue weighted by Gasteiger charge is 2.22. The number of quaternary nitrogens is 1. The Bertz CT molecular complexity index is 1180. The Morgan fingerprint density at radius 2 is 0.812 bits per heavy atom. The number of unbranched alkanes of at least 4 members (excludes halogenated alkanes) is 36. The van der Waals surface area contributed by atoms with Crippen LogP contribution >= 0.6 is 0 Å². The number of carboxylic acids is 1. The Morgan fingerprint density at radius 1 is 0.435 bits per heavy atom. The van der Waals surface area contributed by atoms with Gasteiger partial charge in [0, 0.05) is 12.8 Å². The number of carbonyl (C=O) groups is 3. The average molecular weight is 977 g/mol. The molecule has 0 spiro atoms. The fourth-order valence-electron chi connectivity index (χ4n) is 8.64. The lowest BCUT2D eigenvalue weighted by atomic mass is 10.0. The van der Waals surface area contributed by atoms with Crippen molar-refractivity contribution in [3.05, 3.63) is 24.3 Å². The summed E-state index contributed by atoms with van der Waals surface area (Å²) in [7, 11) is 5.92. The van der Waals surface area contributed by atoms with Crippen molar-refractivity contribution in [1.82, 2.24) is 0 Å². The highest BCUT2D eigenvalue weighted by Crippen LogP contribution is 2.18. The lowest BCUT2D eigenvalue weighted by Gasteiger charge is -2.26. The van der Waals surface area contributed by atoms with Crippen LogP contribution in [0.5, 0.6) is 0 Å². The van der Waals surface area contributed by atoms with Crippen molar-refractivity contribution in [2.75, 3.05) is 47.5 Å². The van der Waals surface area contributed by atoms with Gasteiger partial charge >= 0.3 is 11.9 Å². The second kappa shape index (κ2) is 52.1. The number of esters is 2. The van der Waals surface area contributed by atoms with Crippen LogP contribution in [0.3, 0.4) is 0 Å². The molecule has 0 aromatic heterocycles. The molecular formula is C60H113NO8. The van der Waals surface area contributed by atoms with Gasteiger partial charge in [-0.2, -0.15) is 0 Å². The summed E-state index contributed by atoms with van der Waals surface area (Å²) < 4.78 is 22.6. The van der Waals surface area contributed by atoms with Gasteiger partial charge in [0.1, 0.15) is 13.2 Å². The molecule has 0 aliphatic carbocycles. The maximum Gasteiger partial charge on any atom is 0.306 e. The molecule has 0 radical (unpaired) electrons. The second-order valence-electron chi connectivity index (χ2n) is 21.3. The number of aliphatic carboxylic acids is 1. The molecule has 0 rings (SSSR count). The zero-order valence-electron chi connectivity index (χ0n) is 46.2. The summed E-state index contributed by atoms with van der Waals surface area (Å²) in [5.74, 6) is -2.29. The molecule has 0 fully saturated rings. The first kappa shape index (κ1) is 66.8. The summed E-state index contributed by atoms with van der Waals surface area (Å²) in [4.78, 5) is 37.2. The predicted octanol–water partition coefficient (Wildman–Crippen LogP) is 15.8. The maximum atomic E-state index is 12.8. The van der Waals surface area contributed by atoms with Gasteiger partial charge in [0.15, 0.2) is 12.4 Å². The van der Waals surface area contributed by atoms with Crippen LogP contribution in [-0.4, -0.2) is 82.3 Å². The largest absolute Gasteiger partial charge is 0.545 e. The number of nitrogens with zero attached hydrogens (tertiary/aromatic N) is 1. The van der Waals surface area contributed by atoms with E-state index in [1.165, 1.54) is 186 Å². The van der Waals surface area contributed by atoms with Gasteiger partial charge in [-0.25, -0.2) is 0 Å². The van der Waals surface area contributed by atoms with Gasteiger partial charge in [-0.1, -0.05) is 256 Å². The minimum atomic E-state index is -1.62. The highest BCUT2D eigenvalue weighted by atomic mass is 16.7. The smallest absolute Gasteiger partial charge is 0.306 e. The van der Waals surface area contributed by atoms with Gasteiger partial charge in [0.2, 0.25) is 0 Å². The fraction of sp³-hybridized carbons (Fsp3) is 0.883. The number of ether oxygens (including phenoxy) is 4. The highest BCUT2D eigenvalue weighted by molar-refractivity contribution is 5.70. The zero-order chi connectivity index (χ0) is 50.6. The van der Waals surface area contributed by atoms with Crippen LogP contribution in [0.1, 0.15) is 284 Å². The number of allylic oxidation sites excluding steroid dienone is 4. The minimum Gasteiger partial charge on any atom is -0.545 e. The topological polar surface area (TPSA) is 111 Å². The quantitative estimate of drug-likeness (QED) is 0.0195. The first-order chi connectivity index (χ1) is 33.6. The van der Waals surface area contributed by atoms with Gasteiger partial charge in [-0.3, -0.25) is 9.59 Å². The Labute approximate surface area is 427 Å². The van der Waals surface area contributed by atoms with Crippen LogP contribution in [0.2, 0.25) is 0 Å². The zero-order valence-corrected chi connectivity index (χ0v) is 46.2. The number of hydrogen-bond acceptors (Lipinski definition) is 8. The summed E-state index contributed by atoms with van der Waals surface area (Å²) in [5.41, 5.74) is 0. The molecule has 0 aliphatic heterocycles. The van der Waals surface area contributed by atoms with Crippen LogP contribution in [-0.2, 0) is 33.3 Å². The van der Waals surface area contributed by atoms with E-state index >= 15 is 0 Å². The van der Waals surface area contributed by atoms with Crippen LogP contribution in [0.4, 0.5) is 0 Å². The van der Waals surface area contributed by atoms with Gasteiger partial charge < -0.3 is 33.3 Å². The van der Waals surface area contributed by atoms with Gasteiger partial charge in [-0.05, 0) is 38.5 Å². The molecule has 69 heavy (non-hydrogen) atoms. The number of hydrogen-bond donors (Lipinski definition) is 0. The summed E-state index contributed by atoms with van der Waals surface area (Å²) >= 11 is 0. The first-order valence-electron chi connectivity index (χ1n) is 29.5. The minimum absolute atomic E-state index is 0.147. The van der Waals surface area contributed by atoms with Crippen molar-refractivity contribution in [3.63, 3.8) is 0 Å². The first-order valence-corrected chi connectivity index (χ1v) is 29.5. The molecule has 406 valence electrons. The number of rotatable bonds is 55. The third-order valence-electron chi connectivity index (χ3n) is 13.2. The molecular weight excluding hydrogens is 863 g/mol. The van der Waals surface area contributed by atoms with E-state index < -0.39 is 24.3 Å². The van der Waals surface area contributed by atoms with E-state index in [0.29, 0.717) is 23.9 Å². The third-order valence-corrected chi connectivity index (χ3v) is 13.2. The average Bonchev–Trinajstić information content (AvgIpc) is 3.31. The van der Waals surface area contributed by atoms with Crippen LogP contribution in [0.25, 0.3) is 0 Å². The molecule has 0 aromatic carbocycles. The molecule has 0 saturated heterocycles. The monoisotopic (exact) mass is 976 g/mol. The lowest BCUT2D eigenvalue weighted by Crippen LogP contribution is -2.44. The van der Waals surface area contributed by atoms with Crippen LogP contribution < -0.4 is 5.11 Å². The van der Waals surface area contributed by atoms with E-state index in [0.717, 1.165) is 64.2 Å². The van der Waals surface area contributed by atoms with Crippen molar-refractivity contribution in [2.45, 2.75) is 296 Å². The van der Waals surface area contributed by atoms with Crippen molar-refractivity contribution >= 4 is 17.9 Å². The summed E-state index contributed by atoms with van der Waals surface area (Å²) in [6.45, 7) is 4.70. The number of likely N-dealkylation sites (N-methyl/N-ethyl adjacent to an activating group) is 1. The molecule has 0 saturated carbocycles. The fourth-order valence-corrected chi connectivity index (χ4v) is 8.64. The molecule has 2 atom stereocenters.